The molecule has 0 saturated carbocycles. The minimum absolute atomic E-state index is 0.0207. The first kappa shape index (κ1) is 16.6. The van der Waals surface area contributed by atoms with E-state index in [-0.39, 0.29) is 18.6 Å². The molecule has 2 N–H and O–H groups in total. The third-order valence-corrected chi connectivity index (χ3v) is 5.01. The first-order valence-electron chi connectivity index (χ1n) is 7.78. The lowest BCUT2D eigenvalue weighted by molar-refractivity contribution is -0.138. The van der Waals surface area contributed by atoms with E-state index < -0.39 is 11.9 Å². The van der Waals surface area contributed by atoms with E-state index in [4.69, 9.17) is 4.74 Å². The van der Waals surface area contributed by atoms with E-state index in [0.29, 0.717) is 10.4 Å². The van der Waals surface area contributed by atoms with Crippen molar-refractivity contribution in [2.24, 2.45) is 0 Å². The molecule has 2 aromatic rings. The van der Waals surface area contributed by atoms with Gasteiger partial charge in [0.05, 0.1) is 12.1 Å². The lowest BCUT2D eigenvalue weighted by Crippen LogP contribution is -2.31. The summed E-state index contributed by atoms with van der Waals surface area (Å²) in [5.74, 6) is -2.05. The number of aliphatic carboxylic acids is 1. The second-order valence-corrected chi connectivity index (χ2v) is 6.64. The number of aromatic nitrogens is 1. The van der Waals surface area contributed by atoms with Crippen molar-refractivity contribution in [3.8, 4) is 0 Å². The summed E-state index contributed by atoms with van der Waals surface area (Å²) in [6, 6.07) is 8.87. The molecule has 126 valence electrons. The average molecular weight is 346 g/mol. The number of rotatable bonds is 6. The van der Waals surface area contributed by atoms with Crippen LogP contribution in [0.3, 0.4) is 0 Å². The molecule has 1 fully saturated rings. The van der Waals surface area contributed by atoms with Crippen LogP contribution in [0.2, 0.25) is 0 Å². The number of carbonyl (C=O) groups excluding carboxylic acids is 1. The summed E-state index contributed by atoms with van der Waals surface area (Å²) in [5, 5.41) is 12.9. The Bertz CT molecular complexity index is 710. The summed E-state index contributed by atoms with van der Waals surface area (Å²) < 4.78 is 5.56. The number of hydrogen-bond acceptors (Lipinski definition) is 5. The molecule has 6 nitrogen and oxygen atoms in total. The molecule has 1 aromatic heterocycles. The molecule has 0 bridgehead atoms. The number of nitrogens with one attached hydrogen (secondary N) is 1. The van der Waals surface area contributed by atoms with Crippen LogP contribution in [0.15, 0.2) is 36.5 Å². The molecular weight excluding hydrogens is 328 g/mol. The van der Waals surface area contributed by atoms with Crippen LogP contribution in [0.4, 0.5) is 0 Å². The van der Waals surface area contributed by atoms with Crippen molar-refractivity contribution in [3.63, 3.8) is 0 Å². The van der Waals surface area contributed by atoms with Gasteiger partial charge in [0.2, 0.25) is 0 Å². The molecule has 3 rings (SSSR count). The molecule has 0 spiro atoms. The third-order valence-electron chi connectivity index (χ3n) is 3.92. The largest absolute Gasteiger partial charge is 0.481 e. The van der Waals surface area contributed by atoms with Gasteiger partial charge in [-0.25, -0.2) is 4.98 Å². The zero-order valence-corrected chi connectivity index (χ0v) is 13.8. The summed E-state index contributed by atoms with van der Waals surface area (Å²) in [7, 11) is 0. The smallest absolute Gasteiger partial charge is 0.312 e. The van der Waals surface area contributed by atoms with Crippen molar-refractivity contribution in [2.75, 3.05) is 13.2 Å². The maximum absolute atomic E-state index is 12.3. The first-order chi connectivity index (χ1) is 11.6. The number of thiazole rings is 1. The van der Waals surface area contributed by atoms with Crippen LogP contribution in [0.25, 0.3) is 0 Å². The highest BCUT2D eigenvalue weighted by Gasteiger charge is 2.24. The lowest BCUT2D eigenvalue weighted by Gasteiger charge is -2.13. The summed E-state index contributed by atoms with van der Waals surface area (Å²) in [6.45, 7) is 0.758. The quantitative estimate of drug-likeness (QED) is 0.839. The highest BCUT2D eigenvalue weighted by atomic mass is 32.1. The van der Waals surface area contributed by atoms with Crippen molar-refractivity contribution < 1.29 is 19.4 Å². The molecule has 2 unspecified atom stereocenters. The first-order valence-corrected chi connectivity index (χ1v) is 8.60. The number of carbonyl (C=O) groups is 2. The molecule has 1 saturated heterocycles. The fraction of sp³-hybridized carbons (Fsp3) is 0.353. The minimum atomic E-state index is -0.967. The van der Waals surface area contributed by atoms with Crippen LogP contribution in [0.5, 0.6) is 0 Å². The van der Waals surface area contributed by atoms with Crippen molar-refractivity contribution in [1.82, 2.24) is 10.3 Å². The molecule has 7 heteroatoms. The number of carboxylic acid groups (broad SMARTS) is 1. The van der Waals surface area contributed by atoms with Crippen LogP contribution in [-0.4, -0.2) is 35.1 Å². The standard InChI is InChI=1S/C17H18N2O4S/c20-15(14-10-19-16(24-14)13-7-4-8-23-13)18-9-12(17(21)22)11-5-2-1-3-6-11/h1-3,5-6,10,12-13H,4,7-9H2,(H,18,20)(H,21,22). The van der Waals surface area contributed by atoms with Gasteiger partial charge in [-0.15, -0.1) is 11.3 Å². The van der Waals surface area contributed by atoms with Gasteiger partial charge < -0.3 is 15.2 Å². The fourth-order valence-corrected chi connectivity index (χ4v) is 3.55. The molecule has 1 amide bonds. The summed E-state index contributed by atoms with van der Waals surface area (Å²) >= 11 is 1.30. The van der Waals surface area contributed by atoms with Crippen LogP contribution < -0.4 is 5.32 Å². The van der Waals surface area contributed by atoms with Gasteiger partial charge in [-0.05, 0) is 18.4 Å². The Labute approximate surface area is 143 Å². The Hall–Kier alpha value is -2.25. The van der Waals surface area contributed by atoms with Gasteiger partial charge >= 0.3 is 5.97 Å². The summed E-state index contributed by atoms with van der Waals surface area (Å²) in [5.41, 5.74) is 0.662. The summed E-state index contributed by atoms with van der Waals surface area (Å²) in [4.78, 5) is 28.4. The second kappa shape index (κ2) is 7.55. The van der Waals surface area contributed by atoms with Crippen LogP contribution in [-0.2, 0) is 9.53 Å². The molecule has 24 heavy (non-hydrogen) atoms. The monoisotopic (exact) mass is 346 g/mol. The fourth-order valence-electron chi connectivity index (χ4n) is 2.63. The third kappa shape index (κ3) is 3.80. The van der Waals surface area contributed by atoms with E-state index in [1.807, 2.05) is 6.07 Å². The van der Waals surface area contributed by atoms with Gasteiger partial charge in [-0.3, -0.25) is 9.59 Å². The molecular formula is C17H18N2O4S. The number of benzene rings is 1. The zero-order valence-electron chi connectivity index (χ0n) is 13.0. The molecule has 1 aliphatic heterocycles. The van der Waals surface area contributed by atoms with Crippen LogP contribution in [0, 0.1) is 0 Å². The Kier molecular flexibility index (Phi) is 5.22. The highest BCUT2D eigenvalue weighted by Crippen LogP contribution is 2.31. The van der Waals surface area contributed by atoms with Gasteiger partial charge in [0, 0.05) is 13.2 Å². The van der Waals surface area contributed by atoms with E-state index in [0.717, 1.165) is 24.5 Å². The SMILES string of the molecule is O=C(NCC(C(=O)O)c1ccccc1)c1cnc(C2CCCO2)s1. The van der Waals surface area contributed by atoms with Crippen LogP contribution in [0.1, 0.15) is 45.1 Å². The highest BCUT2D eigenvalue weighted by molar-refractivity contribution is 7.13. The number of amides is 1. The Morgan fingerprint density at radius 2 is 2.17 bits per heavy atom. The van der Waals surface area contributed by atoms with Gasteiger partial charge in [0.1, 0.15) is 16.0 Å². The minimum Gasteiger partial charge on any atom is -0.481 e. The van der Waals surface area contributed by atoms with Crippen LogP contribution >= 0.6 is 11.3 Å². The van der Waals surface area contributed by atoms with E-state index in [1.54, 1.807) is 24.3 Å². The molecule has 0 radical (unpaired) electrons. The normalized spacial score (nSPS) is 18.2. The predicted molar refractivity (Wildman–Crippen MR) is 89.2 cm³/mol. The van der Waals surface area contributed by atoms with Gasteiger partial charge in [0.15, 0.2) is 0 Å². The molecule has 1 aliphatic rings. The number of ether oxygens (including phenoxy) is 1. The van der Waals surface area contributed by atoms with Crippen molar-refractivity contribution in [3.05, 3.63) is 52.0 Å². The number of carboxylic acids is 1. The maximum atomic E-state index is 12.3. The van der Waals surface area contributed by atoms with Crippen molar-refractivity contribution in [2.45, 2.75) is 24.9 Å². The van der Waals surface area contributed by atoms with Gasteiger partial charge in [0.25, 0.3) is 5.91 Å². The number of hydrogen-bond donors (Lipinski definition) is 2. The lowest BCUT2D eigenvalue weighted by atomic mass is 9.99. The van der Waals surface area contributed by atoms with Crippen molar-refractivity contribution >= 4 is 23.2 Å². The maximum Gasteiger partial charge on any atom is 0.312 e. The molecule has 2 heterocycles. The van der Waals surface area contributed by atoms with Gasteiger partial charge in [-0.1, -0.05) is 30.3 Å². The van der Waals surface area contributed by atoms with E-state index >= 15 is 0 Å². The van der Waals surface area contributed by atoms with E-state index in [9.17, 15) is 14.7 Å². The Balaban J connectivity index is 1.62. The summed E-state index contributed by atoms with van der Waals surface area (Å²) in [6.07, 6.45) is 3.43. The molecule has 2 atom stereocenters. The van der Waals surface area contributed by atoms with E-state index in [1.165, 1.54) is 17.5 Å². The Morgan fingerprint density at radius 1 is 1.38 bits per heavy atom. The van der Waals surface area contributed by atoms with E-state index in [2.05, 4.69) is 10.3 Å². The molecule has 1 aromatic carbocycles. The zero-order chi connectivity index (χ0) is 16.9. The molecule has 0 aliphatic carbocycles. The van der Waals surface area contributed by atoms with Gasteiger partial charge in [-0.2, -0.15) is 0 Å². The topological polar surface area (TPSA) is 88.5 Å². The average Bonchev–Trinajstić information content (AvgIpc) is 3.27. The predicted octanol–water partition coefficient (Wildman–Crippen LogP) is 2.59. The number of nitrogens with zero attached hydrogens (tertiary/aromatic N) is 1. The van der Waals surface area contributed by atoms with Crippen molar-refractivity contribution in [1.29, 1.82) is 0 Å². The Morgan fingerprint density at radius 3 is 2.83 bits per heavy atom. The second-order valence-electron chi connectivity index (χ2n) is 5.58.